The molecule has 5 rings (SSSR count). The van der Waals surface area contributed by atoms with Crippen LogP contribution in [0.2, 0.25) is 0 Å². The zero-order valence-corrected chi connectivity index (χ0v) is 20.2. The summed E-state index contributed by atoms with van der Waals surface area (Å²) in [5, 5.41) is 6.31. The number of alkyl halides is 3. The molecular weight excluding hydrogens is 499 g/mol. The summed E-state index contributed by atoms with van der Waals surface area (Å²) in [6.07, 6.45) is 2.63. The first-order valence-corrected chi connectivity index (χ1v) is 12.1. The van der Waals surface area contributed by atoms with Gasteiger partial charge in [-0.15, -0.1) is 0 Å². The molecule has 0 saturated heterocycles. The number of benzene rings is 2. The maximum Gasteiger partial charge on any atom is 0.416 e. The van der Waals surface area contributed by atoms with Crippen molar-refractivity contribution in [2.45, 2.75) is 44.3 Å². The van der Waals surface area contributed by atoms with Gasteiger partial charge >= 0.3 is 12.2 Å². The number of anilines is 1. The van der Waals surface area contributed by atoms with Crippen molar-refractivity contribution < 1.29 is 27.5 Å². The monoisotopic (exact) mass is 523 g/mol. The van der Waals surface area contributed by atoms with Crippen LogP contribution >= 0.6 is 0 Å². The van der Waals surface area contributed by atoms with Crippen LogP contribution in [0.5, 0.6) is 11.6 Å². The summed E-state index contributed by atoms with van der Waals surface area (Å²) in [5.74, 6) is 0.364. The second-order valence-electron chi connectivity index (χ2n) is 9.08. The van der Waals surface area contributed by atoms with E-state index < -0.39 is 11.7 Å². The predicted octanol–water partition coefficient (Wildman–Crippen LogP) is 5.92. The van der Waals surface area contributed by atoms with Crippen molar-refractivity contribution in [3.63, 3.8) is 0 Å². The molecule has 0 bridgehead atoms. The van der Waals surface area contributed by atoms with Crippen molar-refractivity contribution in [2.24, 2.45) is 0 Å². The van der Waals surface area contributed by atoms with Gasteiger partial charge in [0.05, 0.1) is 17.4 Å². The molecule has 1 aliphatic carbocycles. The fraction of sp³-hybridized carbons (Fsp3) is 0.259. The number of ether oxygens (including phenoxy) is 1. The fourth-order valence-corrected chi connectivity index (χ4v) is 4.41. The molecule has 11 heteroatoms. The number of nitrogens with one attached hydrogen (secondary N) is 2. The number of hydrogen-bond donors (Lipinski definition) is 2. The Morgan fingerprint density at radius 2 is 1.68 bits per heavy atom. The SMILES string of the molecule is O=C(Cc1ccc(C(F)(F)F)cc1)Nc1ccc(Oc2ncnc3c2ccn3C(=O)NC2CCCC2)cc1. The number of fused-ring (bicyclic) bond motifs is 1. The van der Waals surface area contributed by atoms with Gasteiger partial charge in [-0.05, 0) is 60.9 Å². The molecule has 4 aromatic rings. The lowest BCUT2D eigenvalue weighted by Crippen LogP contribution is -2.35. The summed E-state index contributed by atoms with van der Waals surface area (Å²) >= 11 is 0. The van der Waals surface area contributed by atoms with E-state index in [1.54, 1.807) is 36.5 Å². The zero-order chi connectivity index (χ0) is 26.7. The van der Waals surface area contributed by atoms with Gasteiger partial charge in [-0.3, -0.25) is 9.36 Å². The Bertz CT molecular complexity index is 1440. The van der Waals surface area contributed by atoms with E-state index in [2.05, 4.69) is 20.6 Å². The quantitative estimate of drug-likeness (QED) is 0.327. The molecule has 0 atom stereocenters. The summed E-state index contributed by atoms with van der Waals surface area (Å²) in [5.41, 5.74) is 0.628. The van der Waals surface area contributed by atoms with E-state index in [0.717, 1.165) is 37.8 Å². The van der Waals surface area contributed by atoms with Crippen molar-refractivity contribution >= 4 is 28.7 Å². The molecule has 1 aliphatic rings. The summed E-state index contributed by atoms with van der Waals surface area (Å²) in [4.78, 5) is 33.5. The topological polar surface area (TPSA) is 98.1 Å². The van der Waals surface area contributed by atoms with Gasteiger partial charge < -0.3 is 15.4 Å². The van der Waals surface area contributed by atoms with E-state index in [9.17, 15) is 22.8 Å². The smallest absolute Gasteiger partial charge is 0.416 e. The molecule has 2 aromatic carbocycles. The molecule has 1 fully saturated rings. The average molecular weight is 524 g/mol. The van der Waals surface area contributed by atoms with Crippen LogP contribution in [0.25, 0.3) is 11.0 Å². The average Bonchev–Trinajstić information content (AvgIpc) is 3.55. The molecule has 1 saturated carbocycles. The number of rotatable bonds is 6. The van der Waals surface area contributed by atoms with Crippen LogP contribution in [0.15, 0.2) is 67.1 Å². The van der Waals surface area contributed by atoms with E-state index in [4.69, 9.17) is 4.74 Å². The molecular formula is C27H24F3N5O3. The van der Waals surface area contributed by atoms with Crippen molar-refractivity contribution in [1.29, 1.82) is 0 Å². The summed E-state index contributed by atoms with van der Waals surface area (Å²) < 4.78 is 45.5. The number of aromatic nitrogens is 3. The van der Waals surface area contributed by atoms with Crippen LogP contribution in [0.1, 0.15) is 36.8 Å². The maximum atomic E-state index is 12.7. The minimum atomic E-state index is -4.42. The predicted molar refractivity (Wildman–Crippen MR) is 134 cm³/mol. The molecule has 8 nitrogen and oxygen atoms in total. The minimum Gasteiger partial charge on any atom is -0.438 e. The second kappa shape index (κ2) is 10.5. The third-order valence-electron chi connectivity index (χ3n) is 6.34. The Hall–Kier alpha value is -4.41. The molecule has 2 heterocycles. The highest BCUT2D eigenvalue weighted by atomic mass is 19.4. The van der Waals surface area contributed by atoms with E-state index in [1.807, 2.05) is 0 Å². The third-order valence-corrected chi connectivity index (χ3v) is 6.34. The zero-order valence-electron chi connectivity index (χ0n) is 20.2. The highest BCUT2D eigenvalue weighted by Gasteiger charge is 2.30. The maximum absolute atomic E-state index is 12.7. The lowest BCUT2D eigenvalue weighted by Gasteiger charge is -2.12. The minimum absolute atomic E-state index is 0.0688. The van der Waals surface area contributed by atoms with Gasteiger partial charge in [-0.2, -0.15) is 13.2 Å². The summed E-state index contributed by atoms with van der Waals surface area (Å²) in [7, 11) is 0. The standard InChI is InChI=1S/C27H24F3N5O3/c28-27(29,30)18-7-5-17(6-8-18)15-23(36)33-20-9-11-21(12-10-20)38-25-22-13-14-35(24(22)31-16-32-25)26(37)34-19-3-1-2-4-19/h5-14,16,19H,1-4,15H2,(H,33,36)(H,34,37). The van der Waals surface area contributed by atoms with Crippen LogP contribution in [0.4, 0.5) is 23.7 Å². The highest BCUT2D eigenvalue weighted by molar-refractivity contribution is 5.93. The van der Waals surface area contributed by atoms with Gasteiger partial charge in [0.1, 0.15) is 12.1 Å². The summed E-state index contributed by atoms with van der Waals surface area (Å²) in [6, 6.07) is 12.7. The molecule has 0 spiro atoms. The molecule has 0 aliphatic heterocycles. The highest BCUT2D eigenvalue weighted by Crippen LogP contribution is 2.30. The number of amides is 2. The van der Waals surface area contributed by atoms with Crippen molar-refractivity contribution in [3.8, 4) is 11.6 Å². The van der Waals surface area contributed by atoms with Gasteiger partial charge in [0.2, 0.25) is 11.8 Å². The number of halogens is 3. The van der Waals surface area contributed by atoms with Crippen LogP contribution in [-0.2, 0) is 17.4 Å². The molecule has 196 valence electrons. The molecule has 2 aromatic heterocycles. The Morgan fingerprint density at radius 3 is 2.37 bits per heavy atom. The van der Waals surface area contributed by atoms with Crippen LogP contribution in [-0.4, -0.2) is 32.5 Å². The van der Waals surface area contributed by atoms with E-state index in [1.165, 1.54) is 23.0 Å². The van der Waals surface area contributed by atoms with E-state index >= 15 is 0 Å². The first kappa shape index (κ1) is 25.2. The largest absolute Gasteiger partial charge is 0.438 e. The van der Waals surface area contributed by atoms with Crippen LogP contribution < -0.4 is 15.4 Å². The second-order valence-corrected chi connectivity index (χ2v) is 9.08. The van der Waals surface area contributed by atoms with Gasteiger partial charge in [-0.1, -0.05) is 25.0 Å². The lowest BCUT2D eigenvalue weighted by atomic mass is 10.1. The Morgan fingerprint density at radius 1 is 0.974 bits per heavy atom. The third kappa shape index (κ3) is 5.77. The Kier molecular flexibility index (Phi) is 6.99. The molecule has 2 N–H and O–H groups in total. The van der Waals surface area contributed by atoms with E-state index in [0.29, 0.717) is 28.0 Å². The van der Waals surface area contributed by atoms with Gasteiger partial charge in [0.15, 0.2) is 5.65 Å². The van der Waals surface area contributed by atoms with Crippen LogP contribution in [0.3, 0.4) is 0 Å². The first-order valence-electron chi connectivity index (χ1n) is 12.1. The Balaban J connectivity index is 1.21. The van der Waals surface area contributed by atoms with E-state index in [-0.39, 0.29) is 30.3 Å². The molecule has 38 heavy (non-hydrogen) atoms. The van der Waals surface area contributed by atoms with Gasteiger partial charge in [-0.25, -0.2) is 14.8 Å². The molecule has 0 unspecified atom stereocenters. The van der Waals surface area contributed by atoms with Crippen molar-refractivity contribution in [1.82, 2.24) is 19.9 Å². The number of nitrogens with zero attached hydrogens (tertiary/aromatic N) is 3. The van der Waals surface area contributed by atoms with Gasteiger partial charge in [0, 0.05) is 17.9 Å². The van der Waals surface area contributed by atoms with Crippen LogP contribution in [0, 0.1) is 0 Å². The van der Waals surface area contributed by atoms with Crippen molar-refractivity contribution in [2.75, 3.05) is 5.32 Å². The summed E-state index contributed by atoms with van der Waals surface area (Å²) in [6.45, 7) is 0. The number of carbonyl (C=O) groups excluding carboxylic acids is 2. The Labute approximate surface area is 215 Å². The molecule has 2 amide bonds. The number of carbonyl (C=O) groups is 2. The molecule has 0 radical (unpaired) electrons. The van der Waals surface area contributed by atoms with Crippen molar-refractivity contribution in [3.05, 3.63) is 78.2 Å². The van der Waals surface area contributed by atoms with Gasteiger partial charge in [0.25, 0.3) is 0 Å². The lowest BCUT2D eigenvalue weighted by molar-refractivity contribution is -0.137. The number of hydrogen-bond acceptors (Lipinski definition) is 5. The fourth-order valence-electron chi connectivity index (χ4n) is 4.41. The normalized spacial score (nSPS) is 14.0. The first-order chi connectivity index (χ1) is 18.3.